The molecule has 1 heterocycles. The second kappa shape index (κ2) is 9.12. The van der Waals surface area contributed by atoms with E-state index in [4.69, 9.17) is 9.15 Å². The summed E-state index contributed by atoms with van der Waals surface area (Å²) < 4.78 is 11.3. The molecule has 0 saturated heterocycles. The maximum atomic E-state index is 12.2. The zero-order valence-corrected chi connectivity index (χ0v) is 16.9. The Morgan fingerprint density at radius 2 is 2.00 bits per heavy atom. The van der Waals surface area contributed by atoms with Crippen LogP contribution in [0.2, 0.25) is 0 Å². The second-order valence-corrected chi connectivity index (χ2v) is 8.32. The van der Waals surface area contributed by atoms with E-state index in [2.05, 4.69) is 36.3 Å². The van der Waals surface area contributed by atoms with Gasteiger partial charge in [-0.3, -0.25) is 0 Å². The third-order valence-electron chi connectivity index (χ3n) is 3.85. The summed E-state index contributed by atoms with van der Waals surface area (Å²) >= 11 is 1.69. The number of oxazole rings is 1. The van der Waals surface area contributed by atoms with E-state index in [0.717, 1.165) is 12.2 Å². The standard InChI is InChI=1S/C20H28N2O3S/c1-6-14(2)17(22-19(23)25-20(3,4)5)18-21-12-15(24-18)13-26-16-10-8-7-9-11-16/h7-12,14,17H,6,13H2,1-5H3,(H,22,23)/t14-,17-/m0/s1. The number of rotatable bonds is 7. The predicted molar refractivity (Wildman–Crippen MR) is 104 cm³/mol. The van der Waals surface area contributed by atoms with Crippen molar-refractivity contribution in [1.82, 2.24) is 10.3 Å². The molecule has 1 aromatic heterocycles. The zero-order valence-electron chi connectivity index (χ0n) is 16.1. The summed E-state index contributed by atoms with van der Waals surface area (Å²) in [6, 6.07) is 9.83. The lowest BCUT2D eigenvalue weighted by molar-refractivity contribution is 0.0475. The predicted octanol–water partition coefficient (Wildman–Crippen LogP) is 5.58. The van der Waals surface area contributed by atoms with E-state index < -0.39 is 11.7 Å². The molecule has 0 saturated carbocycles. The molecule has 0 spiro atoms. The summed E-state index contributed by atoms with van der Waals surface area (Å²) in [5, 5.41) is 2.90. The number of benzene rings is 1. The van der Waals surface area contributed by atoms with Gasteiger partial charge in [0.05, 0.1) is 11.9 Å². The highest BCUT2D eigenvalue weighted by Crippen LogP contribution is 2.28. The summed E-state index contributed by atoms with van der Waals surface area (Å²) in [7, 11) is 0. The van der Waals surface area contributed by atoms with Gasteiger partial charge in [0.1, 0.15) is 17.4 Å². The lowest BCUT2D eigenvalue weighted by atomic mass is 9.99. The summed E-state index contributed by atoms with van der Waals surface area (Å²) in [4.78, 5) is 17.7. The number of nitrogens with one attached hydrogen (secondary N) is 1. The molecule has 0 aliphatic heterocycles. The van der Waals surface area contributed by atoms with Gasteiger partial charge in [0.15, 0.2) is 0 Å². The molecule has 6 heteroatoms. The Hall–Kier alpha value is -1.95. The maximum absolute atomic E-state index is 12.2. The maximum Gasteiger partial charge on any atom is 0.408 e. The fourth-order valence-electron chi connectivity index (χ4n) is 2.32. The third kappa shape index (κ3) is 6.41. The number of ether oxygens (including phenoxy) is 1. The first-order chi connectivity index (χ1) is 12.3. The van der Waals surface area contributed by atoms with Crippen LogP contribution in [0.1, 0.15) is 58.7 Å². The average Bonchev–Trinajstić information content (AvgIpc) is 3.05. The molecule has 2 aromatic rings. The van der Waals surface area contributed by atoms with E-state index in [-0.39, 0.29) is 12.0 Å². The first-order valence-corrected chi connectivity index (χ1v) is 9.89. The van der Waals surface area contributed by atoms with Gasteiger partial charge in [-0.2, -0.15) is 0 Å². The van der Waals surface area contributed by atoms with Crippen LogP contribution in [-0.2, 0) is 10.5 Å². The minimum Gasteiger partial charge on any atom is -0.444 e. The first-order valence-electron chi connectivity index (χ1n) is 8.90. The van der Waals surface area contributed by atoms with Crippen LogP contribution in [0.5, 0.6) is 0 Å². The number of hydrogen-bond donors (Lipinski definition) is 1. The van der Waals surface area contributed by atoms with Crippen molar-refractivity contribution in [1.29, 1.82) is 0 Å². The van der Waals surface area contributed by atoms with Gasteiger partial charge in [-0.1, -0.05) is 38.5 Å². The summed E-state index contributed by atoms with van der Waals surface area (Å²) in [5.41, 5.74) is -0.543. The molecule has 0 radical (unpaired) electrons. The Morgan fingerprint density at radius 3 is 2.62 bits per heavy atom. The number of carbonyl (C=O) groups is 1. The summed E-state index contributed by atoms with van der Waals surface area (Å²) in [5.74, 6) is 2.18. The normalized spacial score (nSPS) is 13.9. The largest absolute Gasteiger partial charge is 0.444 e. The van der Waals surface area contributed by atoms with Gasteiger partial charge in [0, 0.05) is 4.90 Å². The van der Waals surface area contributed by atoms with Gasteiger partial charge in [0.2, 0.25) is 5.89 Å². The van der Waals surface area contributed by atoms with E-state index in [1.807, 2.05) is 39.0 Å². The molecule has 5 nitrogen and oxygen atoms in total. The van der Waals surface area contributed by atoms with E-state index in [1.54, 1.807) is 18.0 Å². The van der Waals surface area contributed by atoms with E-state index >= 15 is 0 Å². The van der Waals surface area contributed by atoms with E-state index in [9.17, 15) is 4.79 Å². The number of hydrogen-bond acceptors (Lipinski definition) is 5. The van der Waals surface area contributed by atoms with Crippen molar-refractivity contribution in [2.24, 2.45) is 5.92 Å². The molecule has 26 heavy (non-hydrogen) atoms. The van der Waals surface area contributed by atoms with E-state index in [0.29, 0.717) is 11.6 Å². The number of amides is 1. The molecule has 0 aliphatic rings. The Morgan fingerprint density at radius 1 is 1.31 bits per heavy atom. The molecule has 0 fully saturated rings. The number of thioether (sulfide) groups is 1. The fourth-order valence-corrected chi connectivity index (χ4v) is 3.11. The second-order valence-electron chi connectivity index (χ2n) is 7.28. The van der Waals surface area contributed by atoms with Crippen LogP contribution in [0.25, 0.3) is 0 Å². The summed E-state index contributed by atoms with van der Waals surface area (Å²) in [6.07, 6.45) is 2.16. The SMILES string of the molecule is CC[C@H](C)[C@H](NC(=O)OC(C)(C)C)c1ncc(CSc2ccccc2)o1. The van der Waals surface area contributed by atoms with Crippen LogP contribution in [0.3, 0.4) is 0 Å². The smallest absolute Gasteiger partial charge is 0.408 e. The molecular formula is C20H28N2O3S. The van der Waals surface area contributed by atoms with Gasteiger partial charge in [-0.25, -0.2) is 9.78 Å². The molecule has 0 aliphatic carbocycles. The minimum absolute atomic E-state index is 0.177. The molecule has 2 atom stereocenters. The monoisotopic (exact) mass is 376 g/mol. The highest BCUT2D eigenvalue weighted by atomic mass is 32.2. The number of nitrogens with zero attached hydrogens (tertiary/aromatic N) is 1. The van der Waals surface area contributed by atoms with Crippen molar-refractivity contribution >= 4 is 17.9 Å². The molecule has 0 unspecified atom stereocenters. The number of carbonyl (C=O) groups excluding carboxylic acids is 1. The molecule has 1 N–H and O–H groups in total. The number of alkyl carbamates (subject to hydrolysis) is 1. The van der Waals surface area contributed by atoms with Crippen LogP contribution < -0.4 is 5.32 Å². The van der Waals surface area contributed by atoms with Crippen molar-refractivity contribution in [3.8, 4) is 0 Å². The Bertz CT molecular complexity index is 695. The Kier molecular flexibility index (Phi) is 7.14. The van der Waals surface area contributed by atoms with Crippen molar-refractivity contribution in [3.05, 3.63) is 48.2 Å². The number of aromatic nitrogens is 1. The minimum atomic E-state index is -0.543. The van der Waals surface area contributed by atoms with Crippen molar-refractivity contribution in [2.45, 2.75) is 63.3 Å². The van der Waals surface area contributed by atoms with Gasteiger partial charge in [-0.15, -0.1) is 11.8 Å². The molecule has 1 aromatic carbocycles. The fraction of sp³-hybridized carbons (Fsp3) is 0.500. The van der Waals surface area contributed by atoms with Gasteiger partial charge in [-0.05, 0) is 38.8 Å². The van der Waals surface area contributed by atoms with Gasteiger partial charge >= 0.3 is 6.09 Å². The summed E-state index contributed by atoms with van der Waals surface area (Å²) in [6.45, 7) is 9.66. The van der Waals surface area contributed by atoms with Crippen molar-refractivity contribution in [2.75, 3.05) is 0 Å². The van der Waals surface area contributed by atoms with Gasteiger partial charge in [0.25, 0.3) is 0 Å². The molecule has 1 amide bonds. The van der Waals surface area contributed by atoms with E-state index in [1.165, 1.54) is 4.90 Å². The first kappa shape index (κ1) is 20.4. The van der Waals surface area contributed by atoms with Gasteiger partial charge < -0.3 is 14.5 Å². The highest BCUT2D eigenvalue weighted by molar-refractivity contribution is 7.98. The quantitative estimate of drug-likeness (QED) is 0.639. The van der Waals surface area contributed by atoms with Crippen molar-refractivity contribution in [3.63, 3.8) is 0 Å². The molecule has 0 bridgehead atoms. The van der Waals surface area contributed by atoms with Crippen molar-refractivity contribution < 1.29 is 13.9 Å². The lowest BCUT2D eigenvalue weighted by Gasteiger charge is -2.25. The Labute approximate surface area is 159 Å². The van der Waals surface area contributed by atoms with Crippen LogP contribution >= 0.6 is 11.8 Å². The zero-order chi connectivity index (χ0) is 19.2. The average molecular weight is 377 g/mol. The highest BCUT2D eigenvalue weighted by Gasteiger charge is 2.27. The van der Waals surface area contributed by atoms with Crippen LogP contribution in [0.15, 0.2) is 45.8 Å². The molecule has 142 valence electrons. The topological polar surface area (TPSA) is 64.4 Å². The lowest BCUT2D eigenvalue weighted by Crippen LogP contribution is -2.37. The molecular weight excluding hydrogens is 348 g/mol. The van der Waals surface area contributed by atoms with Crippen LogP contribution in [-0.4, -0.2) is 16.7 Å². The third-order valence-corrected chi connectivity index (χ3v) is 4.88. The van der Waals surface area contributed by atoms with Crippen LogP contribution in [0.4, 0.5) is 4.79 Å². The molecule has 2 rings (SSSR count). The Balaban J connectivity index is 2.04. The van der Waals surface area contributed by atoms with Crippen LogP contribution in [0, 0.1) is 5.92 Å².